The molecule has 0 bridgehead atoms. The zero-order valence-electron chi connectivity index (χ0n) is 9.18. The molecular formula is C11H14N4O. The lowest BCUT2D eigenvalue weighted by molar-refractivity contribution is 0.416. The Morgan fingerprint density at radius 3 is 3.25 bits per heavy atom. The Hall–Kier alpha value is -1.62. The van der Waals surface area contributed by atoms with Crippen molar-refractivity contribution in [1.82, 2.24) is 19.9 Å². The van der Waals surface area contributed by atoms with Crippen LogP contribution in [-0.2, 0) is 0 Å². The topological polar surface area (TPSA) is 51.5 Å². The minimum absolute atomic E-state index is 0.435. The number of fused-ring (bicyclic) bond motifs is 1. The van der Waals surface area contributed by atoms with Crippen molar-refractivity contribution >= 4 is 5.65 Å². The molecule has 1 unspecified atom stereocenters. The first-order valence-corrected chi connectivity index (χ1v) is 5.48. The van der Waals surface area contributed by atoms with E-state index in [9.17, 15) is 0 Å². The van der Waals surface area contributed by atoms with Crippen LogP contribution in [0.5, 0.6) is 5.75 Å². The van der Waals surface area contributed by atoms with Crippen LogP contribution in [0.15, 0.2) is 18.3 Å². The van der Waals surface area contributed by atoms with E-state index in [0.29, 0.717) is 5.92 Å². The monoisotopic (exact) mass is 218 g/mol. The average Bonchev–Trinajstić information content (AvgIpc) is 2.96. The van der Waals surface area contributed by atoms with Crippen LogP contribution in [0.3, 0.4) is 0 Å². The fourth-order valence-electron chi connectivity index (χ4n) is 2.11. The zero-order valence-corrected chi connectivity index (χ0v) is 9.18. The number of rotatable bonds is 2. The van der Waals surface area contributed by atoms with Gasteiger partial charge in [-0.3, -0.25) is 0 Å². The Kier molecular flexibility index (Phi) is 2.25. The Balaban J connectivity index is 2.07. The second kappa shape index (κ2) is 3.75. The summed E-state index contributed by atoms with van der Waals surface area (Å²) in [5.41, 5.74) is 0.798. The first kappa shape index (κ1) is 9.59. The van der Waals surface area contributed by atoms with E-state index in [-0.39, 0.29) is 0 Å². The molecule has 0 saturated carbocycles. The Bertz CT molecular complexity index is 502. The number of methoxy groups -OCH3 is 1. The van der Waals surface area contributed by atoms with Crippen LogP contribution in [-0.4, -0.2) is 34.8 Å². The molecule has 5 heteroatoms. The predicted molar refractivity (Wildman–Crippen MR) is 59.8 cm³/mol. The van der Waals surface area contributed by atoms with Gasteiger partial charge in [0.2, 0.25) is 0 Å². The summed E-state index contributed by atoms with van der Waals surface area (Å²) in [6.45, 7) is 2.02. The van der Waals surface area contributed by atoms with Crippen LogP contribution in [0.2, 0.25) is 0 Å². The summed E-state index contributed by atoms with van der Waals surface area (Å²) in [6, 6.07) is 3.82. The molecule has 0 aromatic carbocycles. The van der Waals surface area contributed by atoms with Gasteiger partial charge in [-0.05, 0) is 25.1 Å². The van der Waals surface area contributed by atoms with Crippen LogP contribution >= 0.6 is 0 Å². The van der Waals surface area contributed by atoms with Gasteiger partial charge in [0.05, 0.1) is 7.11 Å². The fourth-order valence-corrected chi connectivity index (χ4v) is 2.11. The van der Waals surface area contributed by atoms with Gasteiger partial charge in [0.15, 0.2) is 17.2 Å². The molecule has 84 valence electrons. The fraction of sp³-hybridized carbons (Fsp3) is 0.455. The number of hydrogen-bond donors (Lipinski definition) is 1. The standard InChI is InChI=1S/C11H14N4O/c1-16-9-3-2-6-15-11(9)13-10(14-15)8-4-5-12-7-8/h2-3,6,8,12H,4-5,7H2,1H3. The zero-order chi connectivity index (χ0) is 11.0. The number of hydrogen-bond acceptors (Lipinski definition) is 4. The van der Waals surface area contributed by atoms with Gasteiger partial charge in [0, 0.05) is 18.7 Å². The molecule has 1 saturated heterocycles. The van der Waals surface area contributed by atoms with Crippen molar-refractivity contribution in [3.8, 4) is 5.75 Å². The second-order valence-electron chi connectivity index (χ2n) is 4.00. The van der Waals surface area contributed by atoms with E-state index in [2.05, 4.69) is 15.4 Å². The largest absolute Gasteiger partial charge is 0.493 e. The maximum atomic E-state index is 5.26. The molecule has 1 fully saturated rings. The molecule has 3 heterocycles. The van der Waals surface area contributed by atoms with Crippen LogP contribution in [0.25, 0.3) is 5.65 Å². The summed E-state index contributed by atoms with van der Waals surface area (Å²) in [4.78, 5) is 4.55. The summed E-state index contributed by atoms with van der Waals surface area (Å²) >= 11 is 0. The summed E-state index contributed by atoms with van der Waals surface area (Å²) < 4.78 is 7.05. The lowest BCUT2D eigenvalue weighted by atomic mass is 10.1. The summed E-state index contributed by atoms with van der Waals surface area (Å²) in [5, 5.41) is 7.81. The average molecular weight is 218 g/mol. The van der Waals surface area contributed by atoms with Crippen molar-refractivity contribution < 1.29 is 4.74 Å². The molecular weight excluding hydrogens is 204 g/mol. The number of pyridine rings is 1. The van der Waals surface area contributed by atoms with E-state index in [1.165, 1.54) is 0 Å². The van der Waals surface area contributed by atoms with Gasteiger partial charge < -0.3 is 10.1 Å². The lowest BCUT2D eigenvalue weighted by Crippen LogP contribution is -2.08. The summed E-state index contributed by atoms with van der Waals surface area (Å²) in [5.74, 6) is 2.12. The van der Waals surface area contributed by atoms with Gasteiger partial charge in [0.25, 0.3) is 0 Å². The molecule has 5 nitrogen and oxygen atoms in total. The molecule has 3 rings (SSSR count). The minimum Gasteiger partial charge on any atom is -0.493 e. The predicted octanol–water partition coefficient (Wildman–Crippen LogP) is 0.815. The normalized spacial score (nSPS) is 20.4. The van der Waals surface area contributed by atoms with Gasteiger partial charge >= 0.3 is 0 Å². The maximum absolute atomic E-state index is 5.26. The van der Waals surface area contributed by atoms with Gasteiger partial charge in [0.1, 0.15) is 0 Å². The Morgan fingerprint density at radius 2 is 2.50 bits per heavy atom. The molecule has 0 aliphatic carbocycles. The SMILES string of the molecule is COc1cccn2nc(C3CCNC3)nc12. The van der Waals surface area contributed by atoms with Crippen LogP contribution in [0, 0.1) is 0 Å². The highest BCUT2D eigenvalue weighted by molar-refractivity contribution is 5.52. The van der Waals surface area contributed by atoms with Crippen molar-refractivity contribution in [2.75, 3.05) is 20.2 Å². The van der Waals surface area contributed by atoms with Gasteiger partial charge in [-0.2, -0.15) is 5.10 Å². The smallest absolute Gasteiger partial charge is 0.198 e. The molecule has 2 aromatic heterocycles. The molecule has 0 spiro atoms. The molecule has 1 atom stereocenters. The number of nitrogens with one attached hydrogen (secondary N) is 1. The van der Waals surface area contributed by atoms with E-state index in [0.717, 1.165) is 36.7 Å². The summed E-state index contributed by atoms with van der Waals surface area (Å²) in [7, 11) is 1.65. The molecule has 2 aromatic rings. The maximum Gasteiger partial charge on any atom is 0.198 e. The van der Waals surface area contributed by atoms with E-state index in [1.807, 2.05) is 18.3 Å². The second-order valence-corrected chi connectivity index (χ2v) is 4.00. The van der Waals surface area contributed by atoms with Crippen LogP contribution in [0.4, 0.5) is 0 Å². The Labute approximate surface area is 93.4 Å². The first-order chi connectivity index (χ1) is 7.88. The van der Waals surface area contributed by atoms with Crippen molar-refractivity contribution in [3.63, 3.8) is 0 Å². The van der Waals surface area contributed by atoms with E-state index in [4.69, 9.17) is 4.74 Å². The van der Waals surface area contributed by atoms with Gasteiger partial charge in [-0.1, -0.05) is 0 Å². The molecule has 0 amide bonds. The van der Waals surface area contributed by atoms with E-state index >= 15 is 0 Å². The number of nitrogens with zero attached hydrogens (tertiary/aromatic N) is 3. The van der Waals surface area contributed by atoms with E-state index < -0.39 is 0 Å². The Morgan fingerprint density at radius 1 is 1.56 bits per heavy atom. The third-order valence-electron chi connectivity index (χ3n) is 2.99. The number of aromatic nitrogens is 3. The van der Waals surface area contributed by atoms with Gasteiger partial charge in [-0.25, -0.2) is 9.50 Å². The minimum atomic E-state index is 0.435. The third-order valence-corrected chi connectivity index (χ3v) is 2.99. The lowest BCUT2D eigenvalue weighted by Gasteiger charge is -1.99. The van der Waals surface area contributed by atoms with Gasteiger partial charge in [-0.15, -0.1) is 0 Å². The third kappa shape index (κ3) is 1.44. The highest BCUT2D eigenvalue weighted by Crippen LogP contribution is 2.23. The highest BCUT2D eigenvalue weighted by atomic mass is 16.5. The molecule has 1 aliphatic rings. The van der Waals surface area contributed by atoms with Crippen molar-refractivity contribution in [2.24, 2.45) is 0 Å². The number of ether oxygens (including phenoxy) is 1. The van der Waals surface area contributed by atoms with Crippen molar-refractivity contribution in [3.05, 3.63) is 24.2 Å². The van der Waals surface area contributed by atoms with Crippen molar-refractivity contribution in [1.29, 1.82) is 0 Å². The molecule has 1 aliphatic heterocycles. The van der Waals surface area contributed by atoms with E-state index in [1.54, 1.807) is 11.6 Å². The quantitative estimate of drug-likeness (QED) is 0.810. The van der Waals surface area contributed by atoms with Crippen molar-refractivity contribution in [2.45, 2.75) is 12.3 Å². The molecule has 16 heavy (non-hydrogen) atoms. The molecule has 0 radical (unpaired) electrons. The summed E-state index contributed by atoms with van der Waals surface area (Å²) in [6.07, 6.45) is 3.01. The first-order valence-electron chi connectivity index (χ1n) is 5.48. The molecule has 1 N–H and O–H groups in total. The highest BCUT2D eigenvalue weighted by Gasteiger charge is 2.21. The van der Waals surface area contributed by atoms with Crippen LogP contribution in [0.1, 0.15) is 18.2 Å². The van der Waals surface area contributed by atoms with Crippen LogP contribution < -0.4 is 10.1 Å².